The van der Waals surface area contributed by atoms with E-state index in [1.807, 2.05) is 30.3 Å². The van der Waals surface area contributed by atoms with E-state index in [9.17, 15) is 0 Å². The average Bonchev–Trinajstić information content (AvgIpc) is 3.74. The van der Waals surface area contributed by atoms with Crippen molar-refractivity contribution in [1.29, 1.82) is 0 Å². The maximum Gasteiger partial charge on any atom is 0.202 e. The topological polar surface area (TPSA) is 41.6 Å². The van der Waals surface area contributed by atoms with Crippen LogP contribution in [-0.2, 0) is 0 Å². The maximum atomic E-state index is 6.32. The molecule has 0 bridgehead atoms. The Balaban J connectivity index is 1.06. The predicted molar refractivity (Wildman–Crippen MR) is 203 cm³/mol. The van der Waals surface area contributed by atoms with Gasteiger partial charge in [-0.1, -0.05) is 115 Å². The van der Waals surface area contributed by atoms with E-state index in [0.29, 0.717) is 0 Å². The SMILES string of the molecule is C1=CC(c2ccc(N(c3ccc(-c4ccc5ccccc5c4)cc3)c3cccc4oc5ccccc5c34)cc2)Nc2oc3ccccc3c21. The third-order valence-electron chi connectivity index (χ3n) is 9.72. The number of benzene rings is 7. The van der Waals surface area contributed by atoms with Crippen molar-refractivity contribution in [2.75, 3.05) is 10.2 Å². The molecule has 4 heteroatoms. The van der Waals surface area contributed by atoms with Gasteiger partial charge in [0.15, 0.2) is 0 Å². The van der Waals surface area contributed by atoms with Crippen LogP contribution in [0.25, 0.3) is 60.9 Å². The van der Waals surface area contributed by atoms with Crippen LogP contribution in [0.4, 0.5) is 22.9 Å². The Labute approximate surface area is 283 Å². The van der Waals surface area contributed by atoms with Crippen LogP contribution < -0.4 is 10.2 Å². The van der Waals surface area contributed by atoms with Crippen LogP contribution in [0.5, 0.6) is 0 Å². The maximum absolute atomic E-state index is 6.32. The summed E-state index contributed by atoms with van der Waals surface area (Å²) < 4.78 is 12.5. The summed E-state index contributed by atoms with van der Waals surface area (Å²) in [4.78, 5) is 2.33. The summed E-state index contributed by atoms with van der Waals surface area (Å²) in [5.41, 5.74) is 10.5. The van der Waals surface area contributed by atoms with E-state index in [1.165, 1.54) is 21.9 Å². The van der Waals surface area contributed by atoms with Gasteiger partial charge in [-0.15, -0.1) is 0 Å². The van der Waals surface area contributed by atoms with E-state index in [1.54, 1.807) is 0 Å². The third kappa shape index (κ3) is 4.61. The van der Waals surface area contributed by atoms with Crippen LogP contribution >= 0.6 is 0 Å². The van der Waals surface area contributed by atoms with E-state index in [4.69, 9.17) is 8.83 Å². The van der Waals surface area contributed by atoms with Crippen LogP contribution in [-0.4, -0.2) is 0 Å². The molecule has 0 radical (unpaired) electrons. The molecule has 49 heavy (non-hydrogen) atoms. The first kappa shape index (κ1) is 27.6. The number of fused-ring (bicyclic) bond motifs is 7. The molecule has 0 saturated carbocycles. The fourth-order valence-electron chi connectivity index (χ4n) is 7.29. The van der Waals surface area contributed by atoms with Crippen LogP contribution in [0.1, 0.15) is 17.2 Å². The summed E-state index contributed by atoms with van der Waals surface area (Å²) >= 11 is 0. The molecular formula is C45H30N2O2. The van der Waals surface area contributed by atoms with Gasteiger partial charge >= 0.3 is 0 Å². The summed E-state index contributed by atoms with van der Waals surface area (Å²) in [6.45, 7) is 0. The minimum absolute atomic E-state index is 0.00181. The Kier molecular flexibility index (Phi) is 6.21. The Bertz CT molecular complexity index is 2700. The molecule has 0 aliphatic carbocycles. The van der Waals surface area contributed by atoms with E-state index in [2.05, 4.69) is 150 Å². The number of hydrogen-bond acceptors (Lipinski definition) is 4. The van der Waals surface area contributed by atoms with Gasteiger partial charge in [-0.3, -0.25) is 0 Å². The van der Waals surface area contributed by atoms with Crippen molar-refractivity contribution in [3.8, 4) is 11.1 Å². The van der Waals surface area contributed by atoms with Gasteiger partial charge in [0.25, 0.3) is 0 Å². The fourth-order valence-corrected chi connectivity index (χ4v) is 7.29. The van der Waals surface area contributed by atoms with Gasteiger partial charge in [0.2, 0.25) is 5.88 Å². The largest absolute Gasteiger partial charge is 0.456 e. The summed E-state index contributed by atoms with van der Waals surface area (Å²) in [6, 6.07) is 55.6. The molecular weight excluding hydrogens is 601 g/mol. The number of anilines is 4. The molecule has 1 atom stereocenters. The van der Waals surface area contributed by atoms with Crippen molar-refractivity contribution in [1.82, 2.24) is 0 Å². The van der Waals surface area contributed by atoms with Gasteiger partial charge in [0, 0.05) is 27.7 Å². The molecule has 2 aromatic heterocycles. The summed E-state index contributed by atoms with van der Waals surface area (Å²) in [6.07, 6.45) is 4.38. The average molecular weight is 631 g/mol. The molecule has 1 aliphatic rings. The zero-order chi connectivity index (χ0) is 32.3. The van der Waals surface area contributed by atoms with Gasteiger partial charge in [-0.25, -0.2) is 0 Å². The predicted octanol–water partition coefficient (Wildman–Crippen LogP) is 12.8. The van der Waals surface area contributed by atoms with E-state index in [0.717, 1.165) is 67.0 Å². The van der Waals surface area contributed by atoms with Crippen molar-refractivity contribution < 1.29 is 8.83 Å². The van der Waals surface area contributed by atoms with Gasteiger partial charge < -0.3 is 19.1 Å². The lowest BCUT2D eigenvalue weighted by Gasteiger charge is -2.27. The number of nitrogens with one attached hydrogen (secondary N) is 1. The highest BCUT2D eigenvalue weighted by Gasteiger charge is 2.22. The minimum Gasteiger partial charge on any atom is -0.456 e. The van der Waals surface area contributed by atoms with Crippen molar-refractivity contribution >= 4 is 72.7 Å². The third-order valence-corrected chi connectivity index (χ3v) is 9.72. The second-order valence-electron chi connectivity index (χ2n) is 12.6. The zero-order valence-corrected chi connectivity index (χ0v) is 26.5. The normalized spacial score (nSPS) is 14.0. The molecule has 7 aromatic carbocycles. The zero-order valence-electron chi connectivity index (χ0n) is 26.5. The number of hydrogen-bond donors (Lipinski definition) is 1. The smallest absolute Gasteiger partial charge is 0.202 e. The molecule has 1 N–H and O–H groups in total. The molecule has 0 amide bonds. The molecule has 3 heterocycles. The fraction of sp³-hybridized carbons (Fsp3) is 0.0222. The van der Waals surface area contributed by atoms with Gasteiger partial charge in [-0.2, -0.15) is 0 Å². The highest BCUT2D eigenvalue weighted by Crippen LogP contribution is 2.44. The lowest BCUT2D eigenvalue weighted by atomic mass is 10.00. The highest BCUT2D eigenvalue weighted by atomic mass is 16.4. The lowest BCUT2D eigenvalue weighted by Crippen LogP contribution is -2.13. The van der Waals surface area contributed by atoms with Crippen molar-refractivity contribution in [3.63, 3.8) is 0 Å². The minimum atomic E-state index is -0.00181. The number of furan rings is 2. The molecule has 1 unspecified atom stereocenters. The van der Waals surface area contributed by atoms with Crippen LogP contribution in [0, 0.1) is 0 Å². The standard InChI is InChI=1S/C45H30N2O2/c1-2-9-32-28-33(17-16-29(32)8-1)30-18-22-34(23-19-30)47(40-12-7-15-43-44(40)38-11-4-6-14-42(38)48-43)35-24-20-31(21-25-35)39-27-26-37-36-10-3-5-13-41(36)49-45(37)46-39/h1-28,39,46H. The summed E-state index contributed by atoms with van der Waals surface area (Å²) in [5.74, 6) is 0.810. The van der Waals surface area contributed by atoms with Gasteiger partial charge in [0.1, 0.15) is 16.7 Å². The highest BCUT2D eigenvalue weighted by molar-refractivity contribution is 6.13. The molecule has 9 aromatic rings. The molecule has 0 spiro atoms. The Morgan fingerprint density at radius 2 is 1.16 bits per heavy atom. The van der Waals surface area contributed by atoms with Crippen LogP contribution in [0.2, 0.25) is 0 Å². The van der Waals surface area contributed by atoms with Gasteiger partial charge in [-0.05, 0) is 82.1 Å². The van der Waals surface area contributed by atoms with E-state index < -0.39 is 0 Å². The first-order chi connectivity index (χ1) is 24.3. The summed E-state index contributed by atoms with van der Waals surface area (Å²) in [5, 5.41) is 9.41. The van der Waals surface area contributed by atoms with Crippen molar-refractivity contribution in [2.45, 2.75) is 6.04 Å². The molecule has 4 nitrogen and oxygen atoms in total. The number of rotatable bonds is 5. The molecule has 10 rings (SSSR count). The number of nitrogens with zero attached hydrogens (tertiary/aromatic N) is 1. The Morgan fingerprint density at radius 3 is 1.98 bits per heavy atom. The van der Waals surface area contributed by atoms with Crippen molar-refractivity contribution in [2.24, 2.45) is 0 Å². The van der Waals surface area contributed by atoms with E-state index >= 15 is 0 Å². The number of para-hydroxylation sites is 2. The second kappa shape index (κ2) is 11.0. The molecule has 232 valence electrons. The van der Waals surface area contributed by atoms with Crippen LogP contribution in [0.15, 0.2) is 173 Å². The van der Waals surface area contributed by atoms with Crippen molar-refractivity contribution in [3.05, 3.63) is 175 Å². The molecule has 0 saturated heterocycles. The first-order valence-corrected chi connectivity index (χ1v) is 16.6. The van der Waals surface area contributed by atoms with E-state index in [-0.39, 0.29) is 6.04 Å². The Hall–Kier alpha value is -6.52. The lowest BCUT2D eigenvalue weighted by molar-refractivity contribution is 0.619. The molecule has 0 fully saturated rings. The molecule has 1 aliphatic heterocycles. The second-order valence-corrected chi connectivity index (χ2v) is 12.6. The van der Waals surface area contributed by atoms with Gasteiger partial charge in [0.05, 0.1) is 17.1 Å². The quantitative estimate of drug-likeness (QED) is 0.205. The van der Waals surface area contributed by atoms with Crippen LogP contribution in [0.3, 0.4) is 0 Å². The first-order valence-electron chi connectivity index (χ1n) is 16.6. The Morgan fingerprint density at radius 1 is 0.510 bits per heavy atom. The summed E-state index contributed by atoms with van der Waals surface area (Å²) in [7, 11) is 0. The monoisotopic (exact) mass is 630 g/mol.